The van der Waals surface area contributed by atoms with Gasteiger partial charge in [-0.25, -0.2) is 0 Å². The van der Waals surface area contributed by atoms with Crippen molar-refractivity contribution in [2.75, 3.05) is 18.1 Å². The Labute approximate surface area is 139 Å². The highest BCUT2D eigenvalue weighted by Gasteiger charge is 2.30. The van der Waals surface area contributed by atoms with Gasteiger partial charge in [-0.05, 0) is 50.4 Å². The SMILES string of the molecule is CCNC(Cc1c(C)cc(C)cc1C)C1SCCSC1C. The van der Waals surface area contributed by atoms with Crippen molar-refractivity contribution in [1.82, 2.24) is 5.32 Å². The second-order valence-corrected chi connectivity index (χ2v) is 8.93. The van der Waals surface area contributed by atoms with Gasteiger partial charge in [0.2, 0.25) is 0 Å². The molecule has 0 spiro atoms. The van der Waals surface area contributed by atoms with E-state index in [0.717, 1.165) is 23.5 Å². The Morgan fingerprint density at radius 2 is 1.76 bits per heavy atom. The Morgan fingerprint density at radius 1 is 1.14 bits per heavy atom. The number of benzene rings is 1. The van der Waals surface area contributed by atoms with E-state index < -0.39 is 0 Å². The van der Waals surface area contributed by atoms with Crippen molar-refractivity contribution in [3.8, 4) is 0 Å². The number of aryl methyl sites for hydroxylation is 3. The third-order valence-electron chi connectivity index (χ3n) is 4.36. The van der Waals surface area contributed by atoms with Gasteiger partial charge in [0.05, 0.1) is 0 Å². The summed E-state index contributed by atoms with van der Waals surface area (Å²) in [6, 6.07) is 5.25. The van der Waals surface area contributed by atoms with Crippen molar-refractivity contribution in [2.24, 2.45) is 0 Å². The summed E-state index contributed by atoms with van der Waals surface area (Å²) in [6.45, 7) is 12.4. The van der Waals surface area contributed by atoms with Gasteiger partial charge in [-0.1, -0.05) is 31.5 Å². The lowest BCUT2D eigenvalue weighted by atomic mass is 9.92. The lowest BCUT2D eigenvalue weighted by Crippen LogP contribution is -2.45. The lowest BCUT2D eigenvalue weighted by Gasteiger charge is -2.35. The van der Waals surface area contributed by atoms with E-state index in [0.29, 0.717) is 6.04 Å². The number of rotatable bonds is 5. The highest BCUT2D eigenvalue weighted by atomic mass is 32.2. The Kier molecular flexibility index (Phi) is 6.51. The molecule has 0 saturated carbocycles. The molecule has 1 aliphatic heterocycles. The van der Waals surface area contributed by atoms with Crippen molar-refractivity contribution >= 4 is 23.5 Å². The zero-order valence-corrected chi connectivity index (χ0v) is 15.7. The zero-order chi connectivity index (χ0) is 15.4. The molecule has 1 aliphatic rings. The second-order valence-electron chi connectivity index (χ2n) is 6.16. The van der Waals surface area contributed by atoms with E-state index in [9.17, 15) is 0 Å². The summed E-state index contributed by atoms with van der Waals surface area (Å²) < 4.78 is 0. The maximum atomic E-state index is 3.77. The Hall–Kier alpha value is -0.120. The molecule has 1 aromatic carbocycles. The first-order chi connectivity index (χ1) is 10.0. The van der Waals surface area contributed by atoms with Gasteiger partial charge < -0.3 is 5.32 Å². The summed E-state index contributed by atoms with van der Waals surface area (Å²) in [4.78, 5) is 0. The van der Waals surface area contributed by atoms with Crippen LogP contribution in [0.25, 0.3) is 0 Å². The molecule has 3 atom stereocenters. The summed E-state index contributed by atoms with van der Waals surface area (Å²) in [7, 11) is 0. The van der Waals surface area contributed by atoms with Crippen LogP contribution in [0.1, 0.15) is 36.1 Å². The molecular formula is C18H29NS2. The summed E-state index contributed by atoms with van der Waals surface area (Å²) >= 11 is 4.31. The summed E-state index contributed by atoms with van der Waals surface area (Å²) in [6.07, 6.45) is 1.16. The molecular weight excluding hydrogens is 294 g/mol. The second kappa shape index (κ2) is 7.94. The van der Waals surface area contributed by atoms with E-state index >= 15 is 0 Å². The molecule has 1 fully saturated rings. The molecule has 0 radical (unpaired) electrons. The molecule has 21 heavy (non-hydrogen) atoms. The molecule has 118 valence electrons. The average Bonchev–Trinajstić information content (AvgIpc) is 2.42. The monoisotopic (exact) mass is 323 g/mol. The van der Waals surface area contributed by atoms with Gasteiger partial charge >= 0.3 is 0 Å². The minimum atomic E-state index is 0.586. The molecule has 1 N–H and O–H groups in total. The molecule has 2 rings (SSSR count). The van der Waals surface area contributed by atoms with Gasteiger partial charge in [0.15, 0.2) is 0 Å². The van der Waals surface area contributed by atoms with Crippen LogP contribution < -0.4 is 5.32 Å². The highest BCUT2D eigenvalue weighted by Crippen LogP contribution is 2.34. The Bertz CT molecular complexity index is 449. The van der Waals surface area contributed by atoms with E-state index in [4.69, 9.17) is 0 Å². The van der Waals surface area contributed by atoms with Crippen LogP contribution >= 0.6 is 23.5 Å². The van der Waals surface area contributed by atoms with Gasteiger partial charge in [-0.15, -0.1) is 0 Å². The quantitative estimate of drug-likeness (QED) is 0.864. The number of nitrogens with one attached hydrogen (secondary N) is 1. The predicted molar refractivity (Wildman–Crippen MR) is 100.0 cm³/mol. The molecule has 0 aromatic heterocycles. The largest absolute Gasteiger partial charge is 0.313 e. The number of hydrogen-bond donors (Lipinski definition) is 1. The van der Waals surface area contributed by atoms with E-state index in [1.807, 2.05) is 0 Å². The summed E-state index contributed by atoms with van der Waals surface area (Å²) in [5.41, 5.74) is 5.84. The summed E-state index contributed by atoms with van der Waals surface area (Å²) in [5, 5.41) is 5.24. The van der Waals surface area contributed by atoms with Crippen molar-refractivity contribution < 1.29 is 0 Å². The highest BCUT2D eigenvalue weighted by molar-refractivity contribution is 8.07. The minimum Gasteiger partial charge on any atom is -0.313 e. The predicted octanol–water partition coefficient (Wildman–Crippen LogP) is 4.37. The number of likely N-dealkylation sites (N-methyl/N-ethyl adjacent to an activating group) is 1. The minimum absolute atomic E-state index is 0.586. The van der Waals surface area contributed by atoms with Crippen LogP contribution in [0.15, 0.2) is 12.1 Å². The standard InChI is InChI=1S/C18H29NS2/c1-6-19-17(18-15(5)20-7-8-21-18)11-16-13(3)9-12(2)10-14(16)4/h9-10,15,17-19H,6-8,11H2,1-5H3. The molecule has 3 heteroatoms. The van der Waals surface area contributed by atoms with E-state index in [1.54, 1.807) is 5.56 Å². The third kappa shape index (κ3) is 4.43. The zero-order valence-electron chi connectivity index (χ0n) is 14.0. The van der Waals surface area contributed by atoms with Crippen LogP contribution in [-0.2, 0) is 6.42 Å². The van der Waals surface area contributed by atoms with Gasteiger partial charge in [-0.2, -0.15) is 23.5 Å². The van der Waals surface area contributed by atoms with Crippen LogP contribution in [0.5, 0.6) is 0 Å². The van der Waals surface area contributed by atoms with Crippen molar-refractivity contribution in [2.45, 2.75) is 57.6 Å². The fourth-order valence-corrected chi connectivity index (χ4v) is 6.37. The number of hydrogen-bond acceptors (Lipinski definition) is 3. The van der Waals surface area contributed by atoms with Gasteiger partial charge in [0, 0.05) is 28.0 Å². The first kappa shape index (κ1) is 17.2. The molecule has 1 nitrogen and oxygen atoms in total. The van der Waals surface area contributed by atoms with E-state index in [2.05, 4.69) is 75.6 Å². The molecule has 3 unspecified atom stereocenters. The fourth-order valence-electron chi connectivity index (χ4n) is 3.41. The molecule has 1 aromatic rings. The lowest BCUT2D eigenvalue weighted by molar-refractivity contribution is 0.499. The van der Waals surface area contributed by atoms with E-state index in [-0.39, 0.29) is 0 Å². The van der Waals surface area contributed by atoms with Crippen LogP contribution in [0.3, 0.4) is 0 Å². The molecule has 1 heterocycles. The first-order valence-corrected chi connectivity index (χ1v) is 10.2. The van der Waals surface area contributed by atoms with Crippen molar-refractivity contribution in [3.63, 3.8) is 0 Å². The maximum Gasteiger partial charge on any atom is 0.0320 e. The van der Waals surface area contributed by atoms with Crippen molar-refractivity contribution in [1.29, 1.82) is 0 Å². The van der Waals surface area contributed by atoms with E-state index in [1.165, 1.54) is 28.2 Å². The van der Waals surface area contributed by atoms with Crippen LogP contribution in [-0.4, -0.2) is 34.6 Å². The van der Waals surface area contributed by atoms with Gasteiger partial charge in [-0.3, -0.25) is 0 Å². The molecule has 0 amide bonds. The normalized spacial score (nSPS) is 24.0. The first-order valence-electron chi connectivity index (χ1n) is 8.06. The van der Waals surface area contributed by atoms with Crippen LogP contribution in [0.4, 0.5) is 0 Å². The number of thioether (sulfide) groups is 2. The summed E-state index contributed by atoms with van der Waals surface area (Å²) in [5.74, 6) is 2.61. The Balaban J connectivity index is 2.20. The van der Waals surface area contributed by atoms with Crippen LogP contribution in [0, 0.1) is 20.8 Å². The topological polar surface area (TPSA) is 12.0 Å². The molecule has 0 bridgehead atoms. The van der Waals surface area contributed by atoms with Gasteiger partial charge in [0.1, 0.15) is 0 Å². The third-order valence-corrected chi connectivity index (χ3v) is 7.62. The smallest absolute Gasteiger partial charge is 0.0320 e. The average molecular weight is 324 g/mol. The fraction of sp³-hybridized carbons (Fsp3) is 0.667. The Morgan fingerprint density at radius 3 is 2.33 bits per heavy atom. The van der Waals surface area contributed by atoms with Gasteiger partial charge in [0.25, 0.3) is 0 Å². The molecule has 0 aliphatic carbocycles. The maximum absolute atomic E-state index is 3.77. The van der Waals surface area contributed by atoms with Crippen molar-refractivity contribution in [3.05, 3.63) is 34.4 Å². The van der Waals surface area contributed by atoms with Crippen LogP contribution in [0.2, 0.25) is 0 Å². The molecule has 1 saturated heterocycles.